The number of methoxy groups -OCH3 is 1. The van der Waals surface area contributed by atoms with Crippen LogP contribution in [0.25, 0.3) is 0 Å². The van der Waals surface area contributed by atoms with Crippen molar-refractivity contribution in [3.05, 3.63) is 24.3 Å². The van der Waals surface area contributed by atoms with Gasteiger partial charge in [-0.3, -0.25) is 0 Å². The Kier molecular flexibility index (Phi) is 5.93. The highest BCUT2D eigenvalue weighted by Gasteiger charge is 2.00. The van der Waals surface area contributed by atoms with E-state index >= 15 is 0 Å². The summed E-state index contributed by atoms with van der Waals surface area (Å²) in [5.41, 5.74) is 0.683. The first-order valence-electron chi connectivity index (χ1n) is 4.96. The Labute approximate surface area is 104 Å². The van der Waals surface area contributed by atoms with Crippen LogP contribution in [0.1, 0.15) is 0 Å². The second-order valence-electron chi connectivity index (χ2n) is 3.09. The first-order valence-corrected chi connectivity index (χ1v) is 5.77. The van der Waals surface area contributed by atoms with Gasteiger partial charge in [0.05, 0.1) is 6.61 Å². The molecule has 1 aromatic rings. The van der Waals surface area contributed by atoms with E-state index in [-0.39, 0.29) is 6.03 Å². The van der Waals surface area contributed by atoms with Crippen LogP contribution in [0.3, 0.4) is 0 Å². The van der Waals surface area contributed by atoms with E-state index in [0.717, 1.165) is 16.7 Å². The Morgan fingerprint density at radius 1 is 1.47 bits per heavy atom. The minimum absolute atomic E-state index is 0.275. The molecule has 0 fully saturated rings. The summed E-state index contributed by atoms with van der Waals surface area (Å²) < 4.78 is 4.81. The summed E-state index contributed by atoms with van der Waals surface area (Å²) in [7, 11) is 1.57. The summed E-state index contributed by atoms with van der Waals surface area (Å²) >= 11 is 1.08. The zero-order valence-electron chi connectivity index (χ0n) is 9.40. The third-order valence-electron chi connectivity index (χ3n) is 1.87. The Balaban J connectivity index is 2.41. The van der Waals surface area contributed by atoms with E-state index in [1.165, 1.54) is 0 Å². The molecule has 0 heterocycles. The van der Waals surface area contributed by atoms with Crippen molar-refractivity contribution >= 4 is 23.5 Å². The molecule has 5 nitrogen and oxygen atoms in total. The smallest absolute Gasteiger partial charge is 0.319 e. The maximum absolute atomic E-state index is 11.4. The van der Waals surface area contributed by atoms with Crippen molar-refractivity contribution in [3.8, 4) is 5.40 Å². The molecule has 0 spiro atoms. The number of ether oxygens (including phenoxy) is 1. The van der Waals surface area contributed by atoms with Gasteiger partial charge in [0.2, 0.25) is 0 Å². The number of hydrogen-bond acceptors (Lipinski definition) is 4. The third kappa shape index (κ3) is 5.24. The number of thiocyanates is 1. The normalized spacial score (nSPS) is 9.41. The molecular weight excluding hydrogens is 238 g/mol. The number of amides is 2. The average molecular weight is 251 g/mol. The number of thioether (sulfide) groups is 1. The number of benzene rings is 1. The van der Waals surface area contributed by atoms with E-state index in [2.05, 4.69) is 10.6 Å². The summed E-state index contributed by atoms with van der Waals surface area (Å²) in [4.78, 5) is 12.2. The average Bonchev–Trinajstić information content (AvgIpc) is 2.32. The van der Waals surface area contributed by atoms with Crippen molar-refractivity contribution in [2.24, 2.45) is 0 Å². The molecule has 0 aromatic heterocycles. The van der Waals surface area contributed by atoms with Gasteiger partial charge in [-0.05, 0) is 36.0 Å². The highest BCUT2D eigenvalue weighted by atomic mass is 32.2. The lowest BCUT2D eigenvalue weighted by Gasteiger charge is -2.07. The van der Waals surface area contributed by atoms with Gasteiger partial charge in [-0.1, -0.05) is 0 Å². The minimum atomic E-state index is -0.275. The molecule has 1 aromatic carbocycles. The van der Waals surface area contributed by atoms with Crippen molar-refractivity contribution < 1.29 is 9.53 Å². The maximum atomic E-state index is 11.4. The third-order valence-corrected chi connectivity index (χ3v) is 2.47. The van der Waals surface area contributed by atoms with Gasteiger partial charge in [0.15, 0.2) is 0 Å². The van der Waals surface area contributed by atoms with Crippen LogP contribution in [-0.4, -0.2) is 26.3 Å². The van der Waals surface area contributed by atoms with Crippen molar-refractivity contribution in [1.29, 1.82) is 5.26 Å². The molecule has 2 amide bonds. The van der Waals surface area contributed by atoms with Crippen molar-refractivity contribution in [2.75, 3.05) is 25.6 Å². The van der Waals surface area contributed by atoms with E-state index in [4.69, 9.17) is 10.00 Å². The van der Waals surface area contributed by atoms with Crippen LogP contribution in [0.2, 0.25) is 0 Å². The number of nitrogens with zero attached hydrogens (tertiary/aromatic N) is 1. The number of hydrogen-bond donors (Lipinski definition) is 2. The highest BCUT2D eigenvalue weighted by Crippen LogP contribution is 2.18. The maximum Gasteiger partial charge on any atom is 0.319 e. The molecule has 0 saturated carbocycles. The summed E-state index contributed by atoms with van der Waals surface area (Å²) in [6.45, 7) is 0.940. The Morgan fingerprint density at radius 2 is 2.18 bits per heavy atom. The number of nitriles is 1. The molecule has 17 heavy (non-hydrogen) atoms. The second-order valence-corrected chi connectivity index (χ2v) is 3.95. The van der Waals surface area contributed by atoms with Gasteiger partial charge in [0.25, 0.3) is 0 Å². The number of anilines is 1. The molecule has 0 saturated heterocycles. The topological polar surface area (TPSA) is 74.2 Å². The molecule has 0 unspecified atom stereocenters. The van der Waals surface area contributed by atoms with E-state index in [9.17, 15) is 4.79 Å². The van der Waals surface area contributed by atoms with Crippen LogP contribution in [0.15, 0.2) is 29.2 Å². The van der Waals surface area contributed by atoms with Gasteiger partial charge in [-0.2, -0.15) is 5.26 Å². The second kappa shape index (κ2) is 7.54. The van der Waals surface area contributed by atoms with Gasteiger partial charge >= 0.3 is 6.03 Å². The predicted molar refractivity (Wildman–Crippen MR) is 66.8 cm³/mol. The lowest BCUT2D eigenvalue weighted by Crippen LogP contribution is -2.31. The fourth-order valence-electron chi connectivity index (χ4n) is 1.10. The van der Waals surface area contributed by atoms with Crippen LogP contribution in [-0.2, 0) is 4.74 Å². The summed E-state index contributed by atoms with van der Waals surface area (Å²) in [5.74, 6) is 0. The van der Waals surface area contributed by atoms with E-state index in [0.29, 0.717) is 18.8 Å². The number of carbonyl (C=O) groups excluding carboxylic acids is 1. The molecule has 2 N–H and O–H groups in total. The van der Waals surface area contributed by atoms with Crippen LogP contribution in [0.5, 0.6) is 0 Å². The first kappa shape index (κ1) is 13.4. The van der Waals surface area contributed by atoms with Gasteiger partial charge in [0, 0.05) is 24.2 Å². The largest absolute Gasteiger partial charge is 0.383 e. The zero-order chi connectivity index (χ0) is 12.5. The molecule has 6 heteroatoms. The zero-order valence-corrected chi connectivity index (χ0v) is 10.2. The Hall–Kier alpha value is -1.71. The van der Waals surface area contributed by atoms with E-state index < -0.39 is 0 Å². The molecule has 0 radical (unpaired) electrons. The molecule has 0 atom stereocenters. The van der Waals surface area contributed by atoms with Crippen LogP contribution in [0.4, 0.5) is 10.5 Å². The van der Waals surface area contributed by atoms with Crippen molar-refractivity contribution in [3.63, 3.8) is 0 Å². The molecule has 1 rings (SSSR count). The lowest BCUT2D eigenvalue weighted by molar-refractivity contribution is 0.198. The molecule has 0 aliphatic rings. The van der Waals surface area contributed by atoms with Gasteiger partial charge < -0.3 is 15.4 Å². The monoisotopic (exact) mass is 251 g/mol. The fraction of sp³-hybridized carbons (Fsp3) is 0.273. The molecule has 0 bridgehead atoms. The van der Waals surface area contributed by atoms with Crippen molar-refractivity contribution in [2.45, 2.75) is 4.90 Å². The van der Waals surface area contributed by atoms with Gasteiger partial charge in [-0.15, -0.1) is 0 Å². The Morgan fingerprint density at radius 3 is 2.76 bits per heavy atom. The van der Waals surface area contributed by atoms with Crippen molar-refractivity contribution in [1.82, 2.24) is 5.32 Å². The van der Waals surface area contributed by atoms with Gasteiger partial charge in [0.1, 0.15) is 5.40 Å². The van der Waals surface area contributed by atoms with E-state index in [1.54, 1.807) is 31.4 Å². The lowest BCUT2D eigenvalue weighted by atomic mass is 10.3. The molecule has 0 aliphatic carbocycles. The first-order chi connectivity index (χ1) is 8.26. The number of nitrogens with one attached hydrogen (secondary N) is 2. The van der Waals surface area contributed by atoms with Crippen LogP contribution in [0, 0.1) is 10.7 Å². The molecule has 90 valence electrons. The summed E-state index contributed by atoms with van der Waals surface area (Å²) in [5, 5.41) is 15.8. The van der Waals surface area contributed by atoms with Crippen LogP contribution >= 0.6 is 11.8 Å². The SMILES string of the molecule is COCCNC(=O)Nc1ccc(SC#N)cc1. The highest BCUT2D eigenvalue weighted by molar-refractivity contribution is 8.03. The fourth-order valence-corrected chi connectivity index (χ4v) is 1.48. The van der Waals surface area contributed by atoms with E-state index in [1.807, 2.05) is 5.40 Å². The number of carbonyl (C=O) groups is 1. The minimum Gasteiger partial charge on any atom is -0.383 e. The standard InChI is InChI=1S/C11H13N3O2S/c1-16-7-6-13-11(15)14-9-2-4-10(5-3-9)17-8-12/h2-5H,6-7H2,1H3,(H2,13,14,15). The van der Waals surface area contributed by atoms with Gasteiger partial charge in [-0.25, -0.2) is 4.79 Å². The molecular formula is C11H13N3O2S. The predicted octanol–water partition coefficient (Wildman–Crippen LogP) is 2.03. The number of urea groups is 1. The molecule has 0 aliphatic heterocycles. The quantitative estimate of drug-likeness (QED) is 0.477. The summed E-state index contributed by atoms with van der Waals surface area (Å²) in [6.07, 6.45) is 0. The van der Waals surface area contributed by atoms with Crippen LogP contribution < -0.4 is 10.6 Å². The number of rotatable bonds is 5. The summed E-state index contributed by atoms with van der Waals surface area (Å²) in [6, 6.07) is 6.77. The Bertz CT molecular complexity index is 400.